The third-order valence-electron chi connectivity index (χ3n) is 5.50. The fraction of sp³-hybridized carbons (Fsp3) is 0.647. The van der Waals surface area contributed by atoms with Crippen LogP contribution in [0.25, 0.3) is 0 Å². The first kappa shape index (κ1) is 15.5. The number of carbonyl (C=O) groups excluding carboxylic acids is 2. The number of aromatic nitrogens is 2. The van der Waals surface area contributed by atoms with Gasteiger partial charge in [-0.25, -0.2) is 9.97 Å². The van der Waals surface area contributed by atoms with Gasteiger partial charge in [-0.05, 0) is 19.3 Å². The van der Waals surface area contributed by atoms with E-state index in [9.17, 15) is 9.59 Å². The molecule has 3 saturated heterocycles. The van der Waals surface area contributed by atoms with Crippen LogP contribution in [0.15, 0.2) is 18.7 Å². The molecule has 7 heteroatoms. The Morgan fingerprint density at radius 1 is 1.21 bits per heavy atom. The van der Waals surface area contributed by atoms with E-state index in [-0.39, 0.29) is 23.1 Å². The van der Waals surface area contributed by atoms with Crippen LogP contribution >= 0.6 is 0 Å². The van der Waals surface area contributed by atoms with Crippen molar-refractivity contribution >= 4 is 17.5 Å². The van der Waals surface area contributed by atoms with Gasteiger partial charge in [-0.3, -0.25) is 9.59 Å². The first-order valence-electron chi connectivity index (χ1n) is 8.59. The highest BCUT2D eigenvalue weighted by Crippen LogP contribution is 2.42. The zero-order chi connectivity index (χ0) is 16.6. The van der Waals surface area contributed by atoms with Crippen molar-refractivity contribution < 1.29 is 14.3 Å². The van der Waals surface area contributed by atoms with E-state index in [0.29, 0.717) is 32.7 Å². The maximum absolute atomic E-state index is 12.7. The number of hydrogen-bond donors (Lipinski definition) is 0. The summed E-state index contributed by atoms with van der Waals surface area (Å²) in [5, 5.41) is 0. The third kappa shape index (κ3) is 2.77. The van der Waals surface area contributed by atoms with Crippen LogP contribution in [-0.2, 0) is 14.3 Å². The minimum absolute atomic E-state index is 0.0876. The average molecular weight is 330 g/mol. The highest BCUT2D eigenvalue weighted by Gasteiger charge is 2.49. The predicted octanol–water partition coefficient (Wildman–Crippen LogP) is 0.859. The van der Waals surface area contributed by atoms with E-state index in [1.54, 1.807) is 17.3 Å². The van der Waals surface area contributed by atoms with Crippen LogP contribution in [0.5, 0.6) is 0 Å². The Morgan fingerprint density at radius 2 is 1.96 bits per heavy atom. The second kappa shape index (κ2) is 6.12. The number of ether oxygens (including phenoxy) is 1. The molecule has 0 saturated carbocycles. The standard InChI is InChI=1S/C17H22N4O3/c22-15-7-17(11-21(15)14-8-18-12-19-9-14)3-4-20(10-17)16(23)13-1-5-24-6-2-13/h8-9,12-13H,1-7,10-11H2. The van der Waals surface area contributed by atoms with Gasteiger partial charge in [0.25, 0.3) is 0 Å². The lowest BCUT2D eigenvalue weighted by Gasteiger charge is -2.28. The molecule has 3 aliphatic heterocycles. The number of amides is 2. The summed E-state index contributed by atoms with van der Waals surface area (Å²) < 4.78 is 5.35. The van der Waals surface area contributed by atoms with Crippen LogP contribution in [-0.4, -0.2) is 59.5 Å². The first-order chi connectivity index (χ1) is 11.7. The topological polar surface area (TPSA) is 75.6 Å². The van der Waals surface area contributed by atoms with E-state index >= 15 is 0 Å². The molecule has 0 aliphatic carbocycles. The molecule has 3 fully saturated rings. The van der Waals surface area contributed by atoms with Gasteiger partial charge < -0.3 is 14.5 Å². The zero-order valence-electron chi connectivity index (χ0n) is 13.7. The normalized spacial score (nSPS) is 28.1. The van der Waals surface area contributed by atoms with Gasteiger partial charge >= 0.3 is 0 Å². The monoisotopic (exact) mass is 330 g/mol. The van der Waals surface area contributed by atoms with E-state index in [4.69, 9.17) is 4.74 Å². The molecule has 128 valence electrons. The van der Waals surface area contributed by atoms with E-state index in [1.807, 2.05) is 4.90 Å². The van der Waals surface area contributed by atoms with Crippen molar-refractivity contribution in [2.24, 2.45) is 11.3 Å². The SMILES string of the molecule is O=C(C1CCOCC1)N1CCC2(CC(=O)N(c3cncnc3)C2)C1. The number of hydrogen-bond acceptors (Lipinski definition) is 5. The lowest BCUT2D eigenvalue weighted by molar-refractivity contribution is -0.138. The maximum atomic E-state index is 12.7. The summed E-state index contributed by atoms with van der Waals surface area (Å²) in [5.41, 5.74) is 0.627. The van der Waals surface area contributed by atoms with Crippen LogP contribution in [0.1, 0.15) is 25.7 Å². The summed E-state index contributed by atoms with van der Waals surface area (Å²) in [6.45, 7) is 3.43. The molecule has 0 aromatic carbocycles. The smallest absolute Gasteiger partial charge is 0.227 e. The molecule has 4 heterocycles. The Hall–Kier alpha value is -2.02. The Balaban J connectivity index is 1.44. The van der Waals surface area contributed by atoms with Crippen molar-refractivity contribution in [3.05, 3.63) is 18.7 Å². The average Bonchev–Trinajstić information content (AvgIpc) is 3.19. The van der Waals surface area contributed by atoms with Crippen molar-refractivity contribution in [2.75, 3.05) is 37.7 Å². The number of rotatable bonds is 2. The van der Waals surface area contributed by atoms with Crippen LogP contribution in [0, 0.1) is 11.3 Å². The third-order valence-corrected chi connectivity index (χ3v) is 5.50. The molecule has 0 bridgehead atoms. The van der Waals surface area contributed by atoms with Crippen LogP contribution in [0.3, 0.4) is 0 Å². The number of nitrogens with zero attached hydrogens (tertiary/aromatic N) is 4. The number of likely N-dealkylation sites (tertiary alicyclic amines) is 1. The fourth-order valence-electron chi connectivity index (χ4n) is 4.16. The van der Waals surface area contributed by atoms with Crippen molar-refractivity contribution in [3.63, 3.8) is 0 Å². The lowest BCUT2D eigenvalue weighted by atomic mass is 9.86. The summed E-state index contributed by atoms with van der Waals surface area (Å²) in [6.07, 6.45) is 7.82. The molecule has 24 heavy (non-hydrogen) atoms. The predicted molar refractivity (Wildman–Crippen MR) is 86.2 cm³/mol. The summed E-state index contributed by atoms with van der Waals surface area (Å²) in [5.74, 6) is 0.430. The van der Waals surface area contributed by atoms with Crippen LogP contribution in [0.4, 0.5) is 5.69 Å². The number of anilines is 1. The first-order valence-corrected chi connectivity index (χ1v) is 8.59. The summed E-state index contributed by atoms with van der Waals surface area (Å²) in [7, 11) is 0. The van der Waals surface area contributed by atoms with Gasteiger partial charge in [0.05, 0.1) is 18.1 Å². The van der Waals surface area contributed by atoms with Gasteiger partial charge in [-0.15, -0.1) is 0 Å². The highest BCUT2D eigenvalue weighted by molar-refractivity contribution is 5.96. The maximum Gasteiger partial charge on any atom is 0.227 e. The van der Waals surface area contributed by atoms with Gasteiger partial charge in [0, 0.05) is 50.6 Å². The Kier molecular flexibility index (Phi) is 3.96. The molecule has 7 nitrogen and oxygen atoms in total. The zero-order valence-corrected chi connectivity index (χ0v) is 13.7. The molecular weight excluding hydrogens is 308 g/mol. The molecule has 1 aromatic rings. The molecule has 2 amide bonds. The Labute approximate surface area is 141 Å². The molecule has 0 radical (unpaired) electrons. The Bertz CT molecular complexity index is 632. The minimum Gasteiger partial charge on any atom is -0.381 e. The van der Waals surface area contributed by atoms with Gasteiger partial charge in [-0.2, -0.15) is 0 Å². The molecular formula is C17H22N4O3. The van der Waals surface area contributed by atoms with Gasteiger partial charge in [0.2, 0.25) is 11.8 Å². The van der Waals surface area contributed by atoms with Crippen molar-refractivity contribution in [1.29, 1.82) is 0 Å². The van der Waals surface area contributed by atoms with Crippen molar-refractivity contribution in [1.82, 2.24) is 14.9 Å². The molecule has 3 aliphatic rings. The molecule has 4 rings (SSSR count). The van der Waals surface area contributed by atoms with Crippen LogP contribution < -0.4 is 4.90 Å². The lowest BCUT2D eigenvalue weighted by Crippen LogP contribution is -2.39. The van der Waals surface area contributed by atoms with E-state index < -0.39 is 0 Å². The van der Waals surface area contributed by atoms with Crippen molar-refractivity contribution in [3.8, 4) is 0 Å². The molecule has 1 aromatic heterocycles. The Morgan fingerprint density at radius 3 is 2.71 bits per heavy atom. The van der Waals surface area contributed by atoms with E-state index in [2.05, 4.69) is 9.97 Å². The largest absolute Gasteiger partial charge is 0.381 e. The van der Waals surface area contributed by atoms with Gasteiger partial charge in [0.1, 0.15) is 6.33 Å². The van der Waals surface area contributed by atoms with Crippen LogP contribution in [0.2, 0.25) is 0 Å². The quantitative estimate of drug-likeness (QED) is 0.804. The second-order valence-electron chi connectivity index (χ2n) is 7.15. The minimum atomic E-state index is -0.117. The van der Waals surface area contributed by atoms with E-state index in [1.165, 1.54) is 6.33 Å². The van der Waals surface area contributed by atoms with Crippen molar-refractivity contribution in [2.45, 2.75) is 25.7 Å². The number of carbonyl (C=O) groups is 2. The summed E-state index contributed by atoms with van der Waals surface area (Å²) in [6, 6.07) is 0. The fourth-order valence-corrected chi connectivity index (χ4v) is 4.16. The molecule has 1 spiro atoms. The van der Waals surface area contributed by atoms with Gasteiger partial charge in [0.15, 0.2) is 0 Å². The molecule has 1 atom stereocenters. The second-order valence-corrected chi connectivity index (χ2v) is 7.15. The summed E-state index contributed by atoms with van der Waals surface area (Å²) >= 11 is 0. The molecule has 1 unspecified atom stereocenters. The summed E-state index contributed by atoms with van der Waals surface area (Å²) in [4.78, 5) is 36.9. The highest BCUT2D eigenvalue weighted by atomic mass is 16.5. The van der Waals surface area contributed by atoms with E-state index in [0.717, 1.165) is 31.5 Å². The van der Waals surface area contributed by atoms with Gasteiger partial charge in [-0.1, -0.05) is 0 Å². The molecule has 0 N–H and O–H groups in total.